The lowest BCUT2D eigenvalue weighted by atomic mass is 10.1. The Kier molecular flexibility index (Phi) is 6.43. The summed E-state index contributed by atoms with van der Waals surface area (Å²) in [5.41, 5.74) is 4.20. The first-order valence-corrected chi connectivity index (χ1v) is 11.2. The van der Waals surface area contributed by atoms with Crippen LogP contribution >= 0.6 is 24.0 Å². The van der Waals surface area contributed by atoms with E-state index in [9.17, 15) is 14.9 Å². The fourth-order valence-corrected chi connectivity index (χ4v) is 4.61. The molecule has 0 aliphatic carbocycles. The van der Waals surface area contributed by atoms with Crippen LogP contribution in [0.5, 0.6) is 0 Å². The summed E-state index contributed by atoms with van der Waals surface area (Å²) in [7, 11) is 0. The average Bonchev–Trinajstić information content (AvgIpc) is 3.06. The van der Waals surface area contributed by atoms with E-state index >= 15 is 0 Å². The van der Waals surface area contributed by atoms with Crippen LogP contribution in [0.25, 0.3) is 6.08 Å². The van der Waals surface area contributed by atoms with Gasteiger partial charge in [-0.15, -0.1) is 0 Å². The molecule has 1 fully saturated rings. The second-order valence-electron chi connectivity index (χ2n) is 7.29. The third kappa shape index (κ3) is 4.74. The number of azo groups is 1. The molecule has 9 heteroatoms. The Morgan fingerprint density at radius 3 is 2.45 bits per heavy atom. The van der Waals surface area contributed by atoms with E-state index < -0.39 is 4.92 Å². The minimum absolute atomic E-state index is 0.0673. The van der Waals surface area contributed by atoms with E-state index in [0.717, 1.165) is 28.6 Å². The Labute approximate surface area is 200 Å². The predicted octanol–water partition coefficient (Wildman–Crippen LogP) is 7.03. The Morgan fingerprint density at radius 2 is 1.73 bits per heavy atom. The van der Waals surface area contributed by atoms with Crippen molar-refractivity contribution in [3.05, 3.63) is 98.4 Å². The number of benzene rings is 3. The summed E-state index contributed by atoms with van der Waals surface area (Å²) in [5.74, 6) is -0.319. The first kappa shape index (κ1) is 22.5. The van der Waals surface area contributed by atoms with Crippen molar-refractivity contribution in [1.82, 2.24) is 0 Å². The van der Waals surface area contributed by atoms with E-state index in [1.807, 2.05) is 44.2 Å². The number of thiocarbonyl (C=S) groups is 1. The van der Waals surface area contributed by atoms with Crippen LogP contribution in [0, 0.1) is 24.0 Å². The number of hydrogen-bond acceptors (Lipinski definition) is 7. The number of anilines is 1. The number of para-hydroxylation sites is 1. The lowest BCUT2D eigenvalue weighted by Gasteiger charge is -2.17. The van der Waals surface area contributed by atoms with Crippen LogP contribution < -0.4 is 4.90 Å². The lowest BCUT2D eigenvalue weighted by molar-refractivity contribution is -0.385. The highest BCUT2D eigenvalue weighted by atomic mass is 32.2. The zero-order chi connectivity index (χ0) is 23.5. The third-order valence-corrected chi connectivity index (χ3v) is 6.33. The zero-order valence-electron chi connectivity index (χ0n) is 17.8. The summed E-state index contributed by atoms with van der Waals surface area (Å²) < 4.78 is 0.363. The number of rotatable bonds is 5. The molecule has 0 spiro atoms. The molecule has 0 N–H and O–H groups in total. The van der Waals surface area contributed by atoms with Gasteiger partial charge in [0.1, 0.15) is 0 Å². The number of thioether (sulfide) groups is 1. The molecule has 0 bridgehead atoms. The van der Waals surface area contributed by atoms with Gasteiger partial charge < -0.3 is 0 Å². The molecule has 164 valence electrons. The maximum absolute atomic E-state index is 13.1. The van der Waals surface area contributed by atoms with Crippen LogP contribution in [0.15, 0.2) is 81.9 Å². The summed E-state index contributed by atoms with van der Waals surface area (Å²) in [5, 5.41) is 19.9. The molecule has 1 heterocycles. The fraction of sp³-hybridized carbons (Fsp3) is 0.0833. The molecule has 0 unspecified atom stereocenters. The molecular formula is C24H18N4O3S2. The van der Waals surface area contributed by atoms with E-state index in [-0.39, 0.29) is 11.6 Å². The van der Waals surface area contributed by atoms with E-state index in [2.05, 4.69) is 10.2 Å². The highest BCUT2D eigenvalue weighted by molar-refractivity contribution is 8.27. The molecule has 33 heavy (non-hydrogen) atoms. The smallest absolute Gasteiger partial charge is 0.268 e. The Balaban J connectivity index is 1.61. The van der Waals surface area contributed by atoms with E-state index in [4.69, 9.17) is 12.2 Å². The first-order valence-electron chi connectivity index (χ1n) is 9.94. The van der Waals surface area contributed by atoms with Crippen molar-refractivity contribution >= 4 is 63.0 Å². The monoisotopic (exact) mass is 474 g/mol. The van der Waals surface area contributed by atoms with E-state index in [0.29, 0.717) is 26.2 Å². The van der Waals surface area contributed by atoms with Gasteiger partial charge in [-0.25, -0.2) is 0 Å². The Hall–Kier alpha value is -3.69. The van der Waals surface area contributed by atoms with Gasteiger partial charge in [0.15, 0.2) is 4.32 Å². The van der Waals surface area contributed by atoms with Crippen molar-refractivity contribution < 1.29 is 9.72 Å². The van der Waals surface area contributed by atoms with Gasteiger partial charge in [-0.1, -0.05) is 54.3 Å². The normalized spacial score (nSPS) is 15.1. The minimum Gasteiger partial charge on any atom is -0.268 e. The number of nitro benzene ring substituents is 1. The number of amides is 1. The van der Waals surface area contributed by atoms with Gasteiger partial charge in [0, 0.05) is 6.07 Å². The zero-order valence-corrected chi connectivity index (χ0v) is 19.4. The maximum atomic E-state index is 13.1. The van der Waals surface area contributed by atoms with E-state index in [1.165, 1.54) is 17.0 Å². The van der Waals surface area contributed by atoms with Crippen LogP contribution in [0.3, 0.4) is 0 Å². The Bertz CT molecular complexity index is 1350. The van der Waals surface area contributed by atoms with Crippen LogP contribution in [-0.4, -0.2) is 15.2 Å². The van der Waals surface area contributed by atoms with Crippen molar-refractivity contribution in [2.75, 3.05) is 4.90 Å². The summed E-state index contributed by atoms with van der Waals surface area (Å²) in [6.45, 7) is 3.84. The second kappa shape index (κ2) is 9.43. The molecule has 0 saturated carbocycles. The molecule has 1 amide bonds. The molecule has 0 radical (unpaired) electrons. The number of aryl methyl sites for hydroxylation is 2. The van der Waals surface area contributed by atoms with Gasteiger partial charge in [0.25, 0.3) is 11.6 Å². The van der Waals surface area contributed by atoms with Gasteiger partial charge in [-0.2, -0.15) is 10.2 Å². The van der Waals surface area contributed by atoms with Gasteiger partial charge in [0.2, 0.25) is 0 Å². The highest BCUT2D eigenvalue weighted by Crippen LogP contribution is 2.39. The van der Waals surface area contributed by atoms with Gasteiger partial charge in [0.05, 0.1) is 32.5 Å². The van der Waals surface area contributed by atoms with Crippen LogP contribution in [0.4, 0.5) is 22.7 Å². The SMILES string of the molecule is Cc1ccccc1N=Nc1ccc(N2C(=O)/C(=C/c3ccccc3[N+](=O)[O-])SC2=S)c(C)c1. The quantitative estimate of drug-likeness (QED) is 0.130. The molecule has 7 nitrogen and oxygen atoms in total. The molecule has 0 aromatic heterocycles. The average molecular weight is 475 g/mol. The maximum Gasteiger partial charge on any atom is 0.276 e. The minimum atomic E-state index is -0.471. The molecule has 3 aromatic rings. The van der Waals surface area contributed by atoms with Gasteiger partial charge >= 0.3 is 0 Å². The molecule has 1 aliphatic rings. The fourth-order valence-electron chi connectivity index (χ4n) is 3.33. The molecule has 0 atom stereocenters. The van der Waals surface area contributed by atoms with Crippen molar-refractivity contribution in [2.45, 2.75) is 13.8 Å². The predicted molar refractivity (Wildman–Crippen MR) is 135 cm³/mol. The number of nitro groups is 1. The van der Waals surface area contributed by atoms with Crippen molar-refractivity contribution in [3.63, 3.8) is 0 Å². The highest BCUT2D eigenvalue weighted by Gasteiger charge is 2.34. The summed E-state index contributed by atoms with van der Waals surface area (Å²) in [4.78, 5) is 25.7. The van der Waals surface area contributed by atoms with E-state index in [1.54, 1.807) is 30.3 Å². The summed E-state index contributed by atoms with van der Waals surface area (Å²) in [6, 6.07) is 19.4. The third-order valence-electron chi connectivity index (χ3n) is 5.02. The van der Waals surface area contributed by atoms with Crippen LogP contribution in [0.1, 0.15) is 16.7 Å². The molecule has 1 aliphatic heterocycles. The standard InChI is InChI=1S/C24H18N4O3S2/c1-15-7-3-5-9-19(15)26-25-18-11-12-20(16(2)13-18)27-23(29)22(33-24(27)32)14-17-8-4-6-10-21(17)28(30)31/h3-14H,1-2H3/b22-14-,26-25?. The topological polar surface area (TPSA) is 88.2 Å². The summed E-state index contributed by atoms with van der Waals surface area (Å²) >= 11 is 6.57. The lowest BCUT2D eigenvalue weighted by Crippen LogP contribution is -2.28. The molecular weight excluding hydrogens is 456 g/mol. The number of nitrogens with zero attached hydrogens (tertiary/aromatic N) is 4. The molecule has 1 saturated heterocycles. The number of hydrogen-bond donors (Lipinski definition) is 0. The van der Waals surface area contributed by atoms with Crippen LogP contribution in [0.2, 0.25) is 0 Å². The largest absolute Gasteiger partial charge is 0.276 e. The van der Waals surface area contributed by atoms with Crippen molar-refractivity contribution in [1.29, 1.82) is 0 Å². The van der Waals surface area contributed by atoms with Gasteiger partial charge in [-0.05, 0) is 61.4 Å². The number of carbonyl (C=O) groups excluding carboxylic acids is 1. The van der Waals surface area contributed by atoms with Crippen molar-refractivity contribution in [2.24, 2.45) is 10.2 Å². The molecule has 4 rings (SSSR count). The van der Waals surface area contributed by atoms with Crippen molar-refractivity contribution in [3.8, 4) is 0 Å². The van der Waals surface area contributed by atoms with Crippen LogP contribution in [-0.2, 0) is 4.79 Å². The Morgan fingerprint density at radius 1 is 1.00 bits per heavy atom. The molecule has 3 aromatic carbocycles. The summed E-state index contributed by atoms with van der Waals surface area (Å²) in [6.07, 6.45) is 1.51. The first-order chi connectivity index (χ1) is 15.8. The van der Waals surface area contributed by atoms with Gasteiger partial charge in [-0.3, -0.25) is 19.8 Å². The second-order valence-corrected chi connectivity index (χ2v) is 8.97. The number of carbonyl (C=O) groups is 1.